The summed E-state index contributed by atoms with van der Waals surface area (Å²) in [5, 5.41) is 16.4. The first-order valence-electron chi connectivity index (χ1n) is 13.1. The minimum absolute atomic E-state index is 0.0221. The molecule has 3 aliphatic rings. The van der Waals surface area contributed by atoms with Gasteiger partial charge >= 0.3 is 0 Å². The third-order valence-electron chi connectivity index (χ3n) is 8.52. The SMILES string of the molecule is CC1(C)C(=O)N(CC(=O)Nc2ccc3c(c2)C[C@@]2(C3)C(=O)Nc3ncccc32)[C@H](c2cc(F)cc(F)c2)C[C@H]1O. The van der Waals surface area contributed by atoms with Crippen molar-refractivity contribution in [3.05, 3.63) is 88.6 Å². The van der Waals surface area contributed by atoms with Crippen molar-refractivity contribution in [3.8, 4) is 0 Å². The number of aliphatic hydroxyl groups excluding tert-OH is 1. The second-order valence-electron chi connectivity index (χ2n) is 11.4. The Morgan fingerprint density at radius 1 is 1.10 bits per heavy atom. The number of amides is 3. The van der Waals surface area contributed by atoms with Crippen LogP contribution in [-0.4, -0.2) is 45.4 Å². The van der Waals surface area contributed by atoms with Crippen molar-refractivity contribution in [1.82, 2.24) is 9.88 Å². The first-order chi connectivity index (χ1) is 19.0. The summed E-state index contributed by atoms with van der Waals surface area (Å²) in [5.74, 6) is -2.14. The topological polar surface area (TPSA) is 112 Å². The van der Waals surface area contributed by atoms with Crippen LogP contribution in [0.3, 0.4) is 0 Å². The van der Waals surface area contributed by atoms with Gasteiger partial charge in [-0.1, -0.05) is 12.1 Å². The molecule has 2 aliphatic heterocycles. The number of carbonyl (C=O) groups excluding carboxylic acids is 3. The number of piperidine rings is 1. The maximum atomic E-state index is 14.0. The van der Waals surface area contributed by atoms with Crippen molar-refractivity contribution >= 4 is 29.2 Å². The number of hydrogen-bond acceptors (Lipinski definition) is 5. The van der Waals surface area contributed by atoms with Crippen LogP contribution in [0.15, 0.2) is 54.7 Å². The molecule has 0 radical (unpaired) electrons. The number of carbonyl (C=O) groups is 3. The number of hydrogen-bond donors (Lipinski definition) is 3. The molecule has 0 bridgehead atoms. The lowest BCUT2D eigenvalue weighted by Gasteiger charge is -2.45. The van der Waals surface area contributed by atoms with E-state index in [2.05, 4.69) is 15.6 Å². The number of pyridine rings is 1. The number of rotatable bonds is 4. The van der Waals surface area contributed by atoms with Gasteiger partial charge in [0.15, 0.2) is 0 Å². The van der Waals surface area contributed by atoms with Crippen LogP contribution < -0.4 is 10.6 Å². The molecule has 206 valence electrons. The molecule has 3 amide bonds. The molecule has 3 atom stereocenters. The Morgan fingerprint density at radius 2 is 1.82 bits per heavy atom. The molecular weight excluding hydrogens is 518 g/mol. The lowest BCUT2D eigenvalue weighted by molar-refractivity contribution is -0.160. The molecule has 3 heterocycles. The van der Waals surface area contributed by atoms with E-state index in [0.29, 0.717) is 24.3 Å². The first-order valence-corrected chi connectivity index (χ1v) is 13.1. The van der Waals surface area contributed by atoms with E-state index in [-0.39, 0.29) is 24.4 Å². The number of benzene rings is 2. The standard InChI is InChI=1S/C30H28F2N4O4/c1-29(2)24(37)12-23(17-8-19(31)11-20(32)9-17)36(28(29)40)15-25(38)34-21-6-5-16-13-30(14-18(16)10-21)22-4-3-7-33-26(22)35-27(30)39/h3-11,23-24,37H,12-15H2,1-2H3,(H,34,38)(H,33,35,39)/t23-,24+,30+/m0/s1. The molecule has 1 spiro atoms. The minimum Gasteiger partial charge on any atom is -0.392 e. The van der Waals surface area contributed by atoms with Crippen molar-refractivity contribution in [2.75, 3.05) is 17.2 Å². The number of aromatic nitrogens is 1. The Labute approximate surface area is 229 Å². The summed E-state index contributed by atoms with van der Waals surface area (Å²) < 4.78 is 28.0. The van der Waals surface area contributed by atoms with Crippen molar-refractivity contribution in [2.45, 2.75) is 50.7 Å². The minimum atomic E-state index is -1.18. The molecule has 6 rings (SSSR count). The normalized spacial score (nSPS) is 24.6. The van der Waals surface area contributed by atoms with E-state index in [1.54, 1.807) is 26.1 Å². The molecule has 1 aromatic heterocycles. The summed E-state index contributed by atoms with van der Waals surface area (Å²) in [6.07, 6.45) is 1.58. The zero-order valence-corrected chi connectivity index (χ0v) is 22.0. The van der Waals surface area contributed by atoms with Crippen molar-refractivity contribution in [3.63, 3.8) is 0 Å². The zero-order valence-electron chi connectivity index (χ0n) is 22.0. The van der Waals surface area contributed by atoms with Gasteiger partial charge < -0.3 is 20.6 Å². The summed E-state index contributed by atoms with van der Waals surface area (Å²) in [6, 6.07) is 11.2. The van der Waals surface area contributed by atoms with Gasteiger partial charge in [0.05, 0.1) is 23.0 Å². The van der Waals surface area contributed by atoms with Crippen LogP contribution in [0.2, 0.25) is 0 Å². The second-order valence-corrected chi connectivity index (χ2v) is 11.4. The average Bonchev–Trinajstić information content (AvgIpc) is 3.41. The number of halogens is 2. The first kappa shape index (κ1) is 26.1. The van der Waals surface area contributed by atoms with Gasteiger partial charge in [-0.2, -0.15) is 0 Å². The lowest BCUT2D eigenvalue weighted by atomic mass is 9.76. The fourth-order valence-electron chi connectivity index (χ4n) is 6.25. The smallest absolute Gasteiger partial charge is 0.244 e. The zero-order chi connectivity index (χ0) is 28.4. The highest BCUT2D eigenvalue weighted by Gasteiger charge is 2.51. The largest absolute Gasteiger partial charge is 0.392 e. The number of fused-ring (bicyclic) bond motifs is 3. The maximum Gasteiger partial charge on any atom is 0.244 e. The summed E-state index contributed by atoms with van der Waals surface area (Å²) in [5.41, 5.74) is 1.53. The summed E-state index contributed by atoms with van der Waals surface area (Å²) in [6.45, 7) is 2.78. The van der Waals surface area contributed by atoms with Crippen LogP contribution in [0.25, 0.3) is 0 Å². The van der Waals surface area contributed by atoms with Gasteiger partial charge in [-0.3, -0.25) is 14.4 Å². The number of likely N-dealkylation sites (tertiary alicyclic amines) is 1. The molecule has 10 heteroatoms. The highest BCUT2D eigenvalue weighted by molar-refractivity contribution is 6.06. The number of nitrogens with zero attached hydrogens (tertiary/aromatic N) is 2. The molecule has 1 saturated heterocycles. The van der Waals surface area contributed by atoms with Gasteiger partial charge in [-0.25, -0.2) is 13.8 Å². The van der Waals surface area contributed by atoms with Crippen molar-refractivity contribution < 1.29 is 28.3 Å². The van der Waals surface area contributed by atoms with Gasteiger partial charge in [0, 0.05) is 23.5 Å². The van der Waals surface area contributed by atoms with Gasteiger partial charge in [-0.15, -0.1) is 0 Å². The Kier molecular flexibility index (Phi) is 5.99. The molecule has 2 aromatic carbocycles. The van der Waals surface area contributed by atoms with Gasteiger partial charge in [0.1, 0.15) is 24.0 Å². The van der Waals surface area contributed by atoms with Gasteiger partial charge in [0.25, 0.3) is 0 Å². The molecule has 8 nitrogen and oxygen atoms in total. The van der Waals surface area contributed by atoms with E-state index in [1.165, 1.54) is 4.90 Å². The predicted molar refractivity (Wildman–Crippen MR) is 142 cm³/mol. The van der Waals surface area contributed by atoms with Crippen LogP contribution in [0.1, 0.15) is 48.6 Å². The van der Waals surface area contributed by atoms with Crippen LogP contribution in [0.5, 0.6) is 0 Å². The van der Waals surface area contributed by atoms with E-state index in [9.17, 15) is 28.3 Å². The highest BCUT2D eigenvalue weighted by atomic mass is 19.1. The Balaban J connectivity index is 1.23. The molecule has 40 heavy (non-hydrogen) atoms. The van der Waals surface area contributed by atoms with E-state index in [0.717, 1.165) is 34.9 Å². The van der Waals surface area contributed by atoms with Crippen LogP contribution >= 0.6 is 0 Å². The Hall–Kier alpha value is -4.18. The van der Waals surface area contributed by atoms with E-state index >= 15 is 0 Å². The molecule has 3 N–H and O–H groups in total. The number of nitrogens with one attached hydrogen (secondary N) is 2. The summed E-state index contributed by atoms with van der Waals surface area (Å²) in [7, 11) is 0. The third-order valence-corrected chi connectivity index (χ3v) is 8.52. The van der Waals surface area contributed by atoms with Crippen molar-refractivity contribution in [1.29, 1.82) is 0 Å². The Bertz CT molecular complexity index is 1550. The fourth-order valence-corrected chi connectivity index (χ4v) is 6.25. The lowest BCUT2D eigenvalue weighted by Crippen LogP contribution is -2.56. The monoisotopic (exact) mass is 546 g/mol. The summed E-state index contributed by atoms with van der Waals surface area (Å²) >= 11 is 0. The predicted octanol–water partition coefficient (Wildman–Crippen LogP) is 3.65. The van der Waals surface area contributed by atoms with Crippen LogP contribution in [0, 0.1) is 17.0 Å². The molecule has 3 aromatic rings. The average molecular weight is 547 g/mol. The Morgan fingerprint density at radius 3 is 2.58 bits per heavy atom. The van der Waals surface area contributed by atoms with E-state index in [4.69, 9.17) is 0 Å². The maximum absolute atomic E-state index is 14.0. The molecule has 1 aliphatic carbocycles. The van der Waals surface area contributed by atoms with E-state index in [1.807, 2.05) is 24.3 Å². The summed E-state index contributed by atoms with van der Waals surface area (Å²) in [4.78, 5) is 45.1. The van der Waals surface area contributed by atoms with Gasteiger partial charge in [0.2, 0.25) is 17.7 Å². The van der Waals surface area contributed by atoms with Gasteiger partial charge in [-0.05, 0) is 80.1 Å². The molecular formula is C30H28F2N4O4. The number of anilines is 2. The molecule has 0 saturated carbocycles. The fraction of sp³-hybridized carbons (Fsp3) is 0.333. The molecule has 0 unspecified atom stereocenters. The third kappa shape index (κ3) is 4.14. The second kappa shape index (κ2) is 9.19. The van der Waals surface area contributed by atoms with Crippen LogP contribution in [0.4, 0.5) is 20.3 Å². The van der Waals surface area contributed by atoms with E-state index < -0.39 is 46.4 Å². The number of aliphatic hydroxyl groups is 1. The molecule has 1 fully saturated rings. The highest BCUT2D eigenvalue weighted by Crippen LogP contribution is 2.47. The van der Waals surface area contributed by atoms with Crippen LogP contribution in [-0.2, 0) is 32.6 Å². The van der Waals surface area contributed by atoms with Crippen molar-refractivity contribution in [2.24, 2.45) is 5.41 Å². The quantitative estimate of drug-likeness (QED) is 0.463.